The van der Waals surface area contributed by atoms with Crippen molar-refractivity contribution in [3.8, 4) is 0 Å². The molecule has 1 aliphatic heterocycles. The standard InChI is InChI=1S/C32H31NO2/c1-19(34)21-9-6-10-22(16-21)23-12-7-13-25(23)31-30-26(17-32(2,3)18-28(30)35)29-24-11-5-4-8-20(24)14-15-27(29)33-31/h4-16,23,26,30-31,33H,17-18H2,1-3H3. The van der Waals surface area contributed by atoms with Crippen LogP contribution in [0.15, 0.2) is 84.5 Å². The summed E-state index contributed by atoms with van der Waals surface area (Å²) in [7, 11) is 0. The minimum absolute atomic E-state index is 0.0219. The van der Waals surface area contributed by atoms with Crippen LogP contribution < -0.4 is 5.32 Å². The highest BCUT2D eigenvalue weighted by molar-refractivity contribution is 5.95. The van der Waals surface area contributed by atoms with E-state index in [2.05, 4.69) is 79.9 Å². The quantitative estimate of drug-likeness (QED) is 0.419. The molecule has 0 bridgehead atoms. The zero-order chi connectivity index (χ0) is 24.3. The molecule has 3 nitrogen and oxygen atoms in total. The highest BCUT2D eigenvalue weighted by atomic mass is 16.1. The number of carbonyl (C=O) groups excluding carboxylic acids is 2. The van der Waals surface area contributed by atoms with Gasteiger partial charge in [0, 0.05) is 29.5 Å². The SMILES string of the molecule is CC(=O)c1cccc(C2C=CC=C2C2Nc3ccc4ccccc4c3C3CC(C)(C)CC(=O)C23)c1. The van der Waals surface area contributed by atoms with Crippen molar-refractivity contribution in [2.45, 2.75) is 51.5 Å². The van der Waals surface area contributed by atoms with Crippen molar-refractivity contribution in [3.05, 3.63) is 101 Å². The van der Waals surface area contributed by atoms with Gasteiger partial charge in [0.25, 0.3) is 0 Å². The van der Waals surface area contributed by atoms with E-state index in [1.807, 2.05) is 18.2 Å². The Morgan fingerprint density at radius 3 is 2.69 bits per heavy atom. The number of rotatable bonds is 3. The van der Waals surface area contributed by atoms with E-state index in [1.165, 1.54) is 21.9 Å². The summed E-state index contributed by atoms with van der Waals surface area (Å²) >= 11 is 0. The van der Waals surface area contributed by atoms with Crippen LogP contribution in [0.25, 0.3) is 10.8 Å². The van der Waals surface area contributed by atoms with E-state index >= 15 is 0 Å². The molecule has 0 aromatic heterocycles. The lowest BCUT2D eigenvalue weighted by atomic mass is 9.59. The molecule has 4 atom stereocenters. The Morgan fingerprint density at radius 1 is 1.03 bits per heavy atom. The summed E-state index contributed by atoms with van der Waals surface area (Å²) in [6, 6.07) is 20.8. The summed E-state index contributed by atoms with van der Waals surface area (Å²) in [6.45, 7) is 6.07. The molecule has 176 valence electrons. The van der Waals surface area contributed by atoms with Crippen LogP contribution in [0.2, 0.25) is 0 Å². The van der Waals surface area contributed by atoms with Gasteiger partial charge in [-0.15, -0.1) is 0 Å². The van der Waals surface area contributed by atoms with Crippen molar-refractivity contribution in [2.75, 3.05) is 5.32 Å². The van der Waals surface area contributed by atoms with Crippen molar-refractivity contribution < 1.29 is 9.59 Å². The number of hydrogen-bond acceptors (Lipinski definition) is 3. The maximum atomic E-state index is 13.8. The van der Waals surface area contributed by atoms with Gasteiger partial charge in [-0.1, -0.05) is 80.6 Å². The van der Waals surface area contributed by atoms with E-state index < -0.39 is 0 Å². The highest BCUT2D eigenvalue weighted by Crippen LogP contribution is 2.54. The predicted octanol–water partition coefficient (Wildman–Crippen LogP) is 7.21. The summed E-state index contributed by atoms with van der Waals surface area (Å²) < 4.78 is 0. The summed E-state index contributed by atoms with van der Waals surface area (Å²) in [6.07, 6.45) is 8.08. The molecule has 1 saturated carbocycles. The molecular weight excluding hydrogens is 430 g/mol. The van der Waals surface area contributed by atoms with Crippen molar-refractivity contribution in [1.29, 1.82) is 0 Å². The topological polar surface area (TPSA) is 46.2 Å². The van der Waals surface area contributed by atoms with E-state index in [4.69, 9.17) is 0 Å². The Hall–Kier alpha value is -3.46. The Balaban J connectivity index is 1.47. The molecule has 3 aromatic carbocycles. The van der Waals surface area contributed by atoms with Gasteiger partial charge in [-0.05, 0) is 64.3 Å². The lowest BCUT2D eigenvalue weighted by molar-refractivity contribution is -0.129. The molecule has 35 heavy (non-hydrogen) atoms. The average molecular weight is 462 g/mol. The minimum Gasteiger partial charge on any atom is -0.378 e. The van der Waals surface area contributed by atoms with Crippen molar-refractivity contribution in [1.82, 2.24) is 0 Å². The molecular formula is C32H31NO2. The van der Waals surface area contributed by atoms with E-state index in [1.54, 1.807) is 6.92 Å². The maximum absolute atomic E-state index is 13.8. The molecule has 0 amide bonds. The summed E-state index contributed by atoms with van der Waals surface area (Å²) in [4.78, 5) is 25.9. The number of Topliss-reactive ketones (excluding diaryl/α,β-unsaturated/α-hetero) is 2. The Labute approximate surface area is 206 Å². The van der Waals surface area contributed by atoms with Crippen LogP contribution in [-0.2, 0) is 4.79 Å². The number of carbonyl (C=O) groups is 2. The molecule has 3 aliphatic rings. The molecule has 3 aromatic rings. The van der Waals surface area contributed by atoms with Crippen LogP contribution in [-0.4, -0.2) is 17.6 Å². The molecule has 3 heteroatoms. The van der Waals surface area contributed by atoms with Crippen LogP contribution in [0.3, 0.4) is 0 Å². The van der Waals surface area contributed by atoms with E-state index in [0.717, 1.165) is 23.2 Å². The van der Waals surface area contributed by atoms with Crippen LogP contribution in [0.1, 0.15) is 66.9 Å². The zero-order valence-electron chi connectivity index (χ0n) is 20.5. The Kier molecular flexibility index (Phi) is 5.07. The molecule has 1 fully saturated rings. The molecule has 6 rings (SSSR count). The van der Waals surface area contributed by atoms with Gasteiger partial charge in [-0.3, -0.25) is 9.59 Å². The molecule has 0 saturated heterocycles. The van der Waals surface area contributed by atoms with Crippen LogP contribution in [0.5, 0.6) is 0 Å². The minimum atomic E-state index is -0.106. The number of hydrogen-bond donors (Lipinski definition) is 1. The summed E-state index contributed by atoms with van der Waals surface area (Å²) in [5.74, 6) is 0.541. The van der Waals surface area contributed by atoms with Gasteiger partial charge in [0.1, 0.15) is 5.78 Å². The number of fused-ring (bicyclic) bond motifs is 5. The lowest BCUT2D eigenvalue weighted by Crippen LogP contribution is -2.49. The first-order chi connectivity index (χ1) is 16.8. The van der Waals surface area contributed by atoms with Gasteiger partial charge in [0.05, 0.1) is 6.04 Å². The second-order valence-corrected chi connectivity index (χ2v) is 11.2. The summed E-state index contributed by atoms with van der Waals surface area (Å²) in [5, 5.41) is 6.30. The van der Waals surface area contributed by atoms with Crippen LogP contribution in [0, 0.1) is 11.3 Å². The Morgan fingerprint density at radius 2 is 1.86 bits per heavy atom. The number of nitrogens with one attached hydrogen (secondary N) is 1. The van der Waals surface area contributed by atoms with E-state index in [0.29, 0.717) is 12.2 Å². The average Bonchev–Trinajstić information content (AvgIpc) is 3.32. The van der Waals surface area contributed by atoms with Crippen molar-refractivity contribution >= 4 is 28.0 Å². The van der Waals surface area contributed by atoms with Gasteiger partial charge >= 0.3 is 0 Å². The fraction of sp³-hybridized carbons (Fsp3) is 0.312. The first-order valence-corrected chi connectivity index (χ1v) is 12.6. The maximum Gasteiger partial charge on any atom is 0.159 e. The normalized spacial score (nSPS) is 26.6. The third kappa shape index (κ3) is 3.65. The molecule has 1 N–H and O–H groups in total. The zero-order valence-corrected chi connectivity index (χ0v) is 20.5. The largest absolute Gasteiger partial charge is 0.378 e. The first kappa shape index (κ1) is 22.0. The second-order valence-electron chi connectivity index (χ2n) is 11.2. The van der Waals surface area contributed by atoms with Crippen LogP contribution >= 0.6 is 0 Å². The number of allylic oxidation sites excluding steroid dienone is 3. The number of ketones is 2. The van der Waals surface area contributed by atoms with Gasteiger partial charge in [-0.25, -0.2) is 0 Å². The first-order valence-electron chi connectivity index (χ1n) is 12.6. The Bertz CT molecular complexity index is 1430. The lowest BCUT2D eigenvalue weighted by Gasteiger charge is -2.48. The third-order valence-corrected chi connectivity index (χ3v) is 8.20. The number of benzene rings is 3. The molecule has 4 unspecified atom stereocenters. The highest BCUT2D eigenvalue weighted by Gasteiger charge is 2.50. The van der Waals surface area contributed by atoms with Gasteiger partial charge < -0.3 is 5.32 Å². The van der Waals surface area contributed by atoms with Gasteiger partial charge in [-0.2, -0.15) is 0 Å². The monoisotopic (exact) mass is 461 g/mol. The van der Waals surface area contributed by atoms with Gasteiger partial charge in [0.2, 0.25) is 0 Å². The molecule has 0 radical (unpaired) electrons. The second kappa shape index (κ2) is 8.05. The fourth-order valence-electron chi connectivity index (χ4n) is 6.72. The van der Waals surface area contributed by atoms with Crippen LogP contribution in [0.4, 0.5) is 5.69 Å². The molecule has 2 aliphatic carbocycles. The van der Waals surface area contributed by atoms with E-state index in [9.17, 15) is 9.59 Å². The predicted molar refractivity (Wildman–Crippen MR) is 142 cm³/mol. The summed E-state index contributed by atoms with van der Waals surface area (Å²) in [5.41, 5.74) is 5.46. The number of anilines is 1. The fourth-order valence-corrected chi connectivity index (χ4v) is 6.72. The molecule has 1 heterocycles. The van der Waals surface area contributed by atoms with E-state index in [-0.39, 0.29) is 35.0 Å². The smallest absolute Gasteiger partial charge is 0.159 e. The molecule has 0 spiro atoms. The van der Waals surface area contributed by atoms with Gasteiger partial charge in [0.15, 0.2) is 5.78 Å². The van der Waals surface area contributed by atoms with Crippen molar-refractivity contribution in [2.24, 2.45) is 11.3 Å². The third-order valence-electron chi connectivity index (χ3n) is 8.20. The van der Waals surface area contributed by atoms with Crippen molar-refractivity contribution in [3.63, 3.8) is 0 Å².